The molecule has 1 unspecified atom stereocenters. The van der Waals surface area contributed by atoms with Gasteiger partial charge >= 0.3 is 0 Å². The third-order valence-electron chi connectivity index (χ3n) is 3.22. The fourth-order valence-electron chi connectivity index (χ4n) is 2.15. The Morgan fingerprint density at radius 2 is 1.67 bits per heavy atom. The van der Waals surface area contributed by atoms with Gasteiger partial charge in [0.2, 0.25) is 0 Å². The Bertz CT molecular complexity index is 691. The molecule has 110 valence electrons. The van der Waals surface area contributed by atoms with Crippen molar-refractivity contribution in [2.24, 2.45) is 0 Å². The highest BCUT2D eigenvalue weighted by molar-refractivity contribution is 9.10. The molecule has 0 radical (unpaired) electrons. The van der Waals surface area contributed by atoms with Gasteiger partial charge < -0.3 is 14.6 Å². The topological polar surface area (TPSA) is 38.7 Å². The van der Waals surface area contributed by atoms with Crippen molar-refractivity contribution in [1.82, 2.24) is 0 Å². The average Bonchev–Trinajstić information content (AvgIpc) is 2.48. The Morgan fingerprint density at radius 1 is 1.00 bits per heavy atom. The lowest BCUT2D eigenvalue weighted by atomic mass is 10.0. The second-order valence-corrected chi connectivity index (χ2v) is 6.71. The van der Waals surface area contributed by atoms with Crippen LogP contribution in [0.4, 0.5) is 0 Å². The van der Waals surface area contributed by atoms with Crippen molar-refractivity contribution in [2.45, 2.75) is 6.10 Å². The fraction of sp³-hybridized carbons (Fsp3) is 0.200. The molecule has 0 aromatic heterocycles. The van der Waals surface area contributed by atoms with E-state index < -0.39 is 6.10 Å². The van der Waals surface area contributed by atoms with Crippen LogP contribution in [0, 0.1) is 0 Å². The summed E-state index contributed by atoms with van der Waals surface area (Å²) in [6, 6.07) is 8.98. The second-order valence-electron chi connectivity index (χ2n) is 4.59. The molecule has 21 heavy (non-hydrogen) atoms. The van der Waals surface area contributed by atoms with E-state index in [-0.39, 0.29) is 0 Å². The summed E-state index contributed by atoms with van der Waals surface area (Å²) in [5.74, 6) is 1.32. The number of halogens is 3. The first-order valence-electron chi connectivity index (χ1n) is 6.28. The maximum Gasteiger partial charge on any atom is 0.162 e. The lowest BCUT2D eigenvalue weighted by Crippen LogP contribution is -2.16. The number of hydrogen-bond donors (Lipinski definition) is 1. The van der Waals surface area contributed by atoms with Crippen molar-refractivity contribution in [3.05, 3.63) is 55.4 Å². The summed E-state index contributed by atoms with van der Waals surface area (Å²) >= 11 is 12.9. The van der Waals surface area contributed by atoms with Gasteiger partial charge in [-0.15, -0.1) is 0 Å². The molecule has 0 amide bonds. The number of aliphatic hydroxyl groups excluding tert-OH is 1. The molecule has 1 aliphatic heterocycles. The quantitative estimate of drug-likeness (QED) is 0.744. The van der Waals surface area contributed by atoms with E-state index in [2.05, 4.69) is 31.9 Å². The molecule has 0 saturated heterocycles. The average molecular weight is 435 g/mol. The van der Waals surface area contributed by atoms with Crippen LogP contribution in [0.5, 0.6) is 11.5 Å². The van der Waals surface area contributed by atoms with E-state index in [1.807, 2.05) is 18.2 Å². The van der Waals surface area contributed by atoms with E-state index in [0.717, 1.165) is 8.95 Å². The van der Waals surface area contributed by atoms with Gasteiger partial charge in [-0.05, 0) is 45.8 Å². The van der Waals surface area contributed by atoms with Crippen LogP contribution in [-0.4, -0.2) is 18.3 Å². The van der Waals surface area contributed by atoms with Crippen LogP contribution >= 0.6 is 43.5 Å². The van der Waals surface area contributed by atoms with E-state index in [1.165, 1.54) is 0 Å². The molecule has 3 rings (SSSR count). The van der Waals surface area contributed by atoms with E-state index in [4.69, 9.17) is 21.1 Å². The Balaban J connectivity index is 2.00. The largest absolute Gasteiger partial charge is 0.486 e. The zero-order valence-corrected chi connectivity index (χ0v) is 14.7. The third-order valence-corrected chi connectivity index (χ3v) is 5.13. The van der Waals surface area contributed by atoms with Crippen LogP contribution in [0.25, 0.3) is 0 Å². The fourth-order valence-corrected chi connectivity index (χ4v) is 3.13. The number of hydrogen-bond acceptors (Lipinski definition) is 3. The first kappa shape index (κ1) is 15.2. The van der Waals surface area contributed by atoms with E-state index in [0.29, 0.717) is 40.9 Å². The minimum Gasteiger partial charge on any atom is -0.486 e. The Hall–Kier alpha value is -0.750. The number of ether oxygens (including phenoxy) is 2. The van der Waals surface area contributed by atoms with Gasteiger partial charge in [0.1, 0.15) is 19.3 Å². The van der Waals surface area contributed by atoms with Crippen molar-refractivity contribution in [3.8, 4) is 11.5 Å². The van der Waals surface area contributed by atoms with Gasteiger partial charge in [-0.1, -0.05) is 33.6 Å². The normalized spacial score (nSPS) is 14.9. The van der Waals surface area contributed by atoms with Gasteiger partial charge in [-0.3, -0.25) is 0 Å². The molecule has 2 aromatic rings. The molecule has 1 N–H and O–H groups in total. The first-order chi connectivity index (χ1) is 10.1. The lowest BCUT2D eigenvalue weighted by molar-refractivity contribution is 0.169. The minimum absolute atomic E-state index is 0.508. The number of rotatable bonds is 2. The van der Waals surface area contributed by atoms with Gasteiger partial charge in [0.25, 0.3) is 0 Å². The zero-order chi connectivity index (χ0) is 15.0. The molecule has 2 aromatic carbocycles. The maximum atomic E-state index is 10.6. The Kier molecular flexibility index (Phi) is 4.45. The molecule has 1 atom stereocenters. The molecular weight excluding hydrogens is 423 g/mol. The van der Waals surface area contributed by atoms with Crippen molar-refractivity contribution < 1.29 is 14.6 Å². The molecular formula is C15H11Br2ClO3. The predicted octanol–water partition coefficient (Wildman–Crippen LogP) is 4.72. The summed E-state index contributed by atoms with van der Waals surface area (Å²) in [4.78, 5) is 0. The third kappa shape index (κ3) is 3.06. The number of fused-ring (bicyclic) bond motifs is 1. The standard InChI is InChI=1S/C15H11Br2ClO3/c16-10-2-1-8(5-12(10)18)15(19)9-6-13-14(7-11(9)17)21-4-3-20-13/h1-2,5-7,15,19H,3-4H2. The predicted molar refractivity (Wildman–Crippen MR) is 88.3 cm³/mol. The second kappa shape index (κ2) is 6.16. The van der Waals surface area contributed by atoms with Crippen molar-refractivity contribution in [2.75, 3.05) is 13.2 Å². The van der Waals surface area contributed by atoms with Crippen LogP contribution in [0.1, 0.15) is 17.2 Å². The molecule has 1 aliphatic rings. The molecule has 0 spiro atoms. The van der Waals surface area contributed by atoms with E-state index >= 15 is 0 Å². The maximum absolute atomic E-state index is 10.6. The van der Waals surface area contributed by atoms with Crippen LogP contribution in [0.3, 0.4) is 0 Å². The van der Waals surface area contributed by atoms with E-state index in [9.17, 15) is 5.11 Å². The summed E-state index contributed by atoms with van der Waals surface area (Å²) in [5, 5.41) is 11.1. The van der Waals surface area contributed by atoms with Crippen LogP contribution in [0.2, 0.25) is 5.02 Å². The molecule has 6 heteroatoms. The van der Waals surface area contributed by atoms with Gasteiger partial charge in [0.05, 0.1) is 5.02 Å². The van der Waals surface area contributed by atoms with Crippen LogP contribution in [0.15, 0.2) is 39.3 Å². The highest BCUT2D eigenvalue weighted by Gasteiger charge is 2.20. The summed E-state index contributed by atoms with van der Waals surface area (Å²) < 4.78 is 12.6. The smallest absolute Gasteiger partial charge is 0.162 e. The van der Waals surface area contributed by atoms with Crippen LogP contribution in [-0.2, 0) is 0 Å². The van der Waals surface area contributed by atoms with E-state index in [1.54, 1.807) is 12.1 Å². The molecule has 0 bridgehead atoms. The number of aliphatic hydroxyl groups is 1. The van der Waals surface area contributed by atoms with Crippen molar-refractivity contribution >= 4 is 43.5 Å². The Labute approximate surface area is 144 Å². The monoisotopic (exact) mass is 432 g/mol. The zero-order valence-electron chi connectivity index (χ0n) is 10.8. The first-order valence-corrected chi connectivity index (χ1v) is 8.24. The summed E-state index contributed by atoms with van der Waals surface area (Å²) in [5.41, 5.74) is 1.42. The minimum atomic E-state index is -0.805. The van der Waals surface area contributed by atoms with Gasteiger partial charge in [0.15, 0.2) is 11.5 Å². The van der Waals surface area contributed by atoms with Crippen molar-refractivity contribution in [3.63, 3.8) is 0 Å². The summed E-state index contributed by atoms with van der Waals surface area (Å²) in [7, 11) is 0. The highest BCUT2D eigenvalue weighted by Crippen LogP contribution is 2.40. The SMILES string of the molecule is OC(c1ccc(Br)c(Cl)c1)c1cc2c(cc1Br)OCCO2. The number of benzene rings is 2. The lowest BCUT2D eigenvalue weighted by Gasteiger charge is -2.21. The van der Waals surface area contributed by atoms with Crippen molar-refractivity contribution in [1.29, 1.82) is 0 Å². The highest BCUT2D eigenvalue weighted by atomic mass is 79.9. The molecule has 3 nitrogen and oxygen atoms in total. The summed E-state index contributed by atoms with van der Waals surface area (Å²) in [6.45, 7) is 1.04. The molecule has 0 fully saturated rings. The Morgan fingerprint density at radius 3 is 2.33 bits per heavy atom. The van der Waals surface area contributed by atoms with Gasteiger partial charge in [0, 0.05) is 14.5 Å². The van der Waals surface area contributed by atoms with Crippen LogP contribution < -0.4 is 9.47 Å². The molecule has 1 heterocycles. The van der Waals surface area contributed by atoms with Gasteiger partial charge in [-0.25, -0.2) is 0 Å². The molecule has 0 aliphatic carbocycles. The van der Waals surface area contributed by atoms with Gasteiger partial charge in [-0.2, -0.15) is 0 Å². The molecule has 0 saturated carbocycles. The summed E-state index contributed by atoms with van der Waals surface area (Å²) in [6.07, 6.45) is -0.805.